The normalized spacial score (nSPS) is 11.0. The third kappa shape index (κ3) is 8.08. The quantitative estimate of drug-likeness (QED) is 0.0838. The summed E-state index contributed by atoms with van der Waals surface area (Å²) in [5.41, 5.74) is -1.02. The first-order chi connectivity index (χ1) is 20.9. The smallest absolute Gasteiger partial charge is 0.429 e. The molecule has 4 aromatic carbocycles. The van der Waals surface area contributed by atoms with E-state index in [4.69, 9.17) is 23.2 Å². The van der Waals surface area contributed by atoms with Gasteiger partial charge in [0.05, 0.1) is 21.2 Å². The molecule has 0 saturated heterocycles. The van der Waals surface area contributed by atoms with Crippen molar-refractivity contribution in [3.05, 3.63) is 133 Å². The summed E-state index contributed by atoms with van der Waals surface area (Å²) >= 11 is 11.1. The molecular weight excluding hydrogens is 628 g/mol. The van der Waals surface area contributed by atoms with E-state index in [2.05, 4.69) is 35.3 Å². The van der Waals surface area contributed by atoms with Crippen molar-refractivity contribution in [2.24, 2.45) is 0 Å². The summed E-state index contributed by atoms with van der Waals surface area (Å²) in [6, 6.07) is 10.9. The molecule has 10 heteroatoms. The molecule has 0 N–H and O–H groups in total. The van der Waals surface area contributed by atoms with Crippen molar-refractivity contribution in [2.45, 2.75) is 38.7 Å². The highest BCUT2D eigenvalue weighted by atomic mass is 35.5. The molecule has 0 aromatic heterocycles. The van der Waals surface area contributed by atoms with E-state index in [9.17, 15) is 30.7 Å². The van der Waals surface area contributed by atoms with Crippen LogP contribution in [0.5, 0.6) is 5.75 Å². The molecule has 0 atom stereocenters. The van der Waals surface area contributed by atoms with Gasteiger partial charge in [0, 0.05) is 23.3 Å². The predicted octanol–water partition coefficient (Wildman–Crippen LogP) is 10.3. The molecule has 0 amide bonds. The van der Waals surface area contributed by atoms with Gasteiger partial charge in [-0.05, 0) is 60.9 Å². The van der Waals surface area contributed by atoms with Crippen molar-refractivity contribution in [3.8, 4) is 29.4 Å². The zero-order valence-electron chi connectivity index (χ0n) is 22.9. The summed E-state index contributed by atoms with van der Waals surface area (Å²) in [4.78, 5) is 0. The molecule has 4 rings (SSSR count). The maximum atomic E-state index is 14.7. The van der Waals surface area contributed by atoms with Crippen molar-refractivity contribution < 1.29 is 35.5 Å². The van der Waals surface area contributed by atoms with Crippen LogP contribution in [0.1, 0.15) is 59.6 Å². The van der Waals surface area contributed by atoms with Crippen LogP contribution in [0.15, 0.2) is 60.7 Å². The van der Waals surface area contributed by atoms with Crippen LogP contribution in [0.4, 0.5) is 30.7 Å². The van der Waals surface area contributed by atoms with Crippen LogP contribution >= 0.6 is 23.2 Å². The third-order valence-corrected chi connectivity index (χ3v) is 6.84. The molecule has 0 spiro atoms. The van der Waals surface area contributed by atoms with Gasteiger partial charge in [0.2, 0.25) is 0 Å². The second-order valence-electron chi connectivity index (χ2n) is 9.60. The van der Waals surface area contributed by atoms with Gasteiger partial charge in [0.25, 0.3) is 0 Å². The molecule has 0 saturated carbocycles. The zero-order valence-corrected chi connectivity index (χ0v) is 24.4. The first-order valence-corrected chi connectivity index (χ1v) is 14.0. The minimum atomic E-state index is -4.55. The minimum Gasteiger partial charge on any atom is -0.429 e. The number of unbranched alkanes of at least 4 members (excludes halogenated alkanes) is 2. The van der Waals surface area contributed by atoms with Gasteiger partial charge >= 0.3 is 6.11 Å². The van der Waals surface area contributed by atoms with Crippen LogP contribution < -0.4 is 4.74 Å². The van der Waals surface area contributed by atoms with Crippen molar-refractivity contribution in [2.75, 3.05) is 0 Å². The number of rotatable bonds is 7. The SMILES string of the molecule is CCCCCc1ccc(C#Cc2ccc(C#Cc3cc(F)c(C(F)(F)Oc4cc(Cl)c(F)c(Cl)c4)c(F)c3)c(F)c2)c(F)c1. The topological polar surface area (TPSA) is 9.23 Å². The number of halogens is 9. The Balaban J connectivity index is 1.50. The lowest BCUT2D eigenvalue weighted by atomic mass is 10.0. The van der Waals surface area contributed by atoms with Crippen LogP contribution in [0.2, 0.25) is 10.0 Å². The number of hydrogen-bond acceptors (Lipinski definition) is 1. The fourth-order valence-corrected chi connectivity index (χ4v) is 4.55. The van der Waals surface area contributed by atoms with Crippen LogP contribution in [0, 0.1) is 52.8 Å². The average molecular weight is 649 g/mol. The largest absolute Gasteiger partial charge is 0.432 e. The molecule has 0 fully saturated rings. The van der Waals surface area contributed by atoms with E-state index in [0.29, 0.717) is 24.3 Å². The van der Waals surface area contributed by atoms with E-state index >= 15 is 0 Å². The Hall–Kier alpha value is -4.11. The molecule has 0 aliphatic heterocycles. The molecule has 0 radical (unpaired) electrons. The van der Waals surface area contributed by atoms with Gasteiger partial charge in [-0.15, -0.1) is 0 Å². The van der Waals surface area contributed by atoms with E-state index in [1.807, 2.05) is 0 Å². The fourth-order valence-electron chi connectivity index (χ4n) is 4.08. The van der Waals surface area contributed by atoms with Crippen molar-refractivity contribution in [3.63, 3.8) is 0 Å². The average Bonchev–Trinajstić information content (AvgIpc) is 2.94. The summed E-state index contributed by atoms with van der Waals surface area (Å²) in [6.07, 6.45) is -0.716. The van der Waals surface area contributed by atoms with E-state index in [-0.39, 0.29) is 22.3 Å². The molecule has 0 heterocycles. The van der Waals surface area contributed by atoms with E-state index < -0.39 is 56.6 Å². The lowest BCUT2D eigenvalue weighted by molar-refractivity contribution is -0.189. The number of hydrogen-bond donors (Lipinski definition) is 0. The Morgan fingerprint density at radius 3 is 1.77 bits per heavy atom. The van der Waals surface area contributed by atoms with Crippen molar-refractivity contribution >= 4 is 23.2 Å². The summed E-state index contributed by atoms with van der Waals surface area (Å²) in [6.45, 7) is 2.08. The molecule has 0 aliphatic rings. The Kier molecular flexibility index (Phi) is 10.5. The Morgan fingerprint density at radius 2 is 1.20 bits per heavy atom. The van der Waals surface area contributed by atoms with Gasteiger partial charge < -0.3 is 4.74 Å². The van der Waals surface area contributed by atoms with Crippen LogP contribution in [0.25, 0.3) is 0 Å². The fraction of sp³-hybridized carbons (Fsp3) is 0.176. The van der Waals surface area contributed by atoms with Crippen LogP contribution in [-0.2, 0) is 12.5 Å². The van der Waals surface area contributed by atoms with Crippen molar-refractivity contribution in [1.82, 2.24) is 0 Å². The Labute approximate surface area is 259 Å². The number of benzene rings is 4. The van der Waals surface area contributed by atoms with Gasteiger partial charge in [-0.2, -0.15) is 8.78 Å². The lowest BCUT2D eigenvalue weighted by Gasteiger charge is -2.20. The number of aryl methyl sites for hydroxylation is 1. The van der Waals surface area contributed by atoms with Gasteiger partial charge in [-0.1, -0.05) is 72.7 Å². The molecule has 226 valence electrons. The van der Waals surface area contributed by atoms with E-state index in [1.165, 1.54) is 18.2 Å². The molecule has 44 heavy (non-hydrogen) atoms. The maximum absolute atomic E-state index is 14.7. The van der Waals surface area contributed by atoms with Gasteiger partial charge in [-0.3, -0.25) is 0 Å². The van der Waals surface area contributed by atoms with Crippen molar-refractivity contribution in [1.29, 1.82) is 0 Å². The van der Waals surface area contributed by atoms with Crippen LogP contribution in [-0.4, -0.2) is 0 Å². The van der Waals surface area contributed by atoms with E-state index in [0.717, 1.165) is 37.3 Å². The molecule has 1 nitrogen and oxygen atoms in total. The highest BCUT2D eigenvalue weighted by Gasteiger charge is 2.41. The summed E-state index contributed by atoms with van der Waals surface area (Å²) < 4.78 is 106. The Bertz CT molecular complexity index is 1790. The third-order valence-electron chi connectivity index (χ3n) is 6.29. The molecular formula is C34H21Cl2F7O. The monoisotopic (exact) mass is 648 g/mol. The lowest BCUT2D eigenvalue weighted by Crippen LogP contribution is -2.25. The summed E-state index contributed by atoms with van der Waals surface area (Å²) in [7, 11) is 0. The Morgan fingerprint density at radius 1 is 0.659 bits per heavy atom. The standard InChI is InChI=1S/C34H21Cl2F7O/c1-2-3-4-5-20-6-10-23(28(37)14-20)11-7-21-8-12-24(29(38)15-21)13-9-22-16-30(39)32(31(40)17-22)34(42,43)44-25-18-26(35)33(41)27(36)19-25/h6,8,10,12,14-19H,2-5H2,1H3. The number of alkyl halides is 2. The summed E-state index contributed by atoms with van der Waals surface area (Å²) in [5, 5.41) is -1.28. The first kappa shape index (κ1) is 32.8. The molecule has 0 unspecified atom stereocenters. The number of ether oxygens (including phenoxy) is 1. The second kappa shape index (κ2) is 14.1. The highest BCUT2D eigenvalue weighted by molar-refractivity contribution is 6.35. The van der Waals surface area contributed by atoms with Gasteiger partial charge in [0.1, 0.15) is 34.6 Å². The van der Waals surface area contributed by atoms with E-state index in [1.54, 1.807) is 12.1 Å². The predicted molar refractivity (Wildman–Crippen MR) is 155 cm³/mol. The zero-order chi connectivity index (χ0) is 32.0. The molecule has 0 aliphatic carbocycles. The van der Waals surface area contributed by atoms with Crippen LogP contribution in [0.3, 0.4) is 0 Å². The molecule has 4 aromatic rings. The van der Waals surface area contributed by atoms with Gasteiger partial charge in [0.15, 0.2) is 5.82 Å². The highest BCUT2D eigenvalue weighted by Crippen LogP contribution is 2.38. The minimum absolute atomic E-state index is 0.155. The maximum Gasteiger partial charge on any atom is 0.432 e. The first-order valence-electron chi connectivity index (χ1n) is 13.2. The summed E-state index contributed by atoms with van der Waals surface area (Å²) in [5.74, 6) is 3.54. The van der Waals surface area contributed by atoms with Gasteiger partial charge in [-0.25, -0.2) is 22.0 Å². The molecule has 0 bridgehead atoms. The second-order valence-corrected chi connectivity index (χ2v) is 10.4.